The van der Waals surface area contributed by atoms with Gasteiger partial charge in [-0.05, 0) is 73.8 Å². The lowest BCUT2D eigenvalue weighted by atomic mass is 9.86. The number of likely N-dealkylation sites (tertiary alicyclic amines) is 1. The van der Waals surface area contributed by atoms with E-state index < -0.39 is 0 Å². The second-order valence-electron chi connectivity index (χ2n) is 7.81. The van der Waals surface area contributed by atoms with Gasteiger partial charge in [-0.25, -0.2) is 0 Å². The van der Waals surface area contributed by atoms with Gasteiger partial charge in [0.15, 0.2) is 0 Å². The van der Waals surface area contributed by atoms with Crippen LogP contribution in [0.4, 0.5) is 0 Å². The fourth-order valence-electron chi connectivity index (χ4n) is 4.47. The molecule has 26 heavy (non-hydrogen) atoms. The minimum absolute atomic E-state index is 0.0606. The molecule has 4 rings (SSSR count). The molecule has 0 radical (unpaired) electrons. The zero-order valence-corrected chi connectivity index (χ0v) is 15.7. The van der Waals surface area contributed by atoms with Crippen LogP contribution in [-0.2, 0) is 6.42 Å². The normalized spacial score (nSPS) is 24.9. The van der Waals surface area contributed by atoms with Crippen LogP contribution in [0, 0.1) is 11.3 Å². The highest BCUT2D eigenvalue weighted by Gasteiger charge is 2.41. The Kier molecular flexibility index (Phi) is 4.46. The summed E-state index contributed by atoms with van der Waals surface area (Å²) in [5.41, 5.74) is 4.30. The molecule has 0 bridgehead atoms. The first-order valence-corrected chi connectivity index (χ1v) is 9.65. The molecule has 3 nitrogen and oxygen atoms in total. The van der Waals surface area contributed by atoms with Crippen LogP contribution in [0.3, 0.4) is 0 Å². The highest BCUT2D eigenvalue weighted by molar-refractivity contribution is 5.67. The lowest BCUT2D eigenvalue weighted by Crippen LogP contribution is -2.41. The molecule has 1 saturated heterocycles. The molecule has 0 spiro atoms. The van der Waals surface area contributed by atoms with Gasteiger partial charge in [-0.2, -0.15) is 5.26 Å². The number of nitrogens with zero attached hydrogens (tertiary/aromatic N) is 2. The molecule has 2 aliphatic rings. The van der Waals surface area contributed by atoms with Crippen LogP contribution in [0.25, 0.3) is 11.1 Å². The van der Waals surface area contributed by atoms with Gasteiger partial charge in [0, 0.05) is 18.9 Å². The van der Waals surface area contributed by atoms with Crippen molar-refractivity contribution >= 4 is 0 Å². The Labute approximate surface area is 156 Å². The number of nitriles is 1. The van der Waals surface area contributed by atoms with Gasteiger partial charge in [0.05, 0.1) is 11.6 Å². The first kappa shape index (κ1) is 17.1. The summed E-state index contributed by atoms with van der Waals surface area (Å²) in [6, 6.07) is 17.2. The lowest BCUT2D eigenvalue weighted by Gasteiger charge is -2.33. The average Bonchev–Trinajstić information content (AvgIpc) is 3.24. The van der Waals surface area contributed by atoms with Crippen LogP contribution < -0.4 is 4.74 Å². The van der Waals surface area contributed by atoms with E-state index in [9.17, 15) is 0 Å². The summed E-state index contributed by atoms with van der Waals surface area (Å²) in [5.74, 6) is 1.05. The summed E-state index contributed by atoms with van der Waals surface area (Å²) in [4.78, 5) is 2.49. The maximum atomic E-state index is 8.98. The first-order valence-electron chi connectivity index (χ1n) is 9.65. The van der Waals surface area contributed by atoms with E-state index in [1.54, 1.807) is 0 Å². The van der Waals surface area contributed by atoms with E-state index in [0.29, 0.717) is 11.6 Å². The van der Waals surface area contributed by atoms with Gasteiger partial charge >= 0.3 is 0 Å². The lowest BCUT2D eigenvalue weighted by molar-refractivity contribution is 0.0545. The second-order valence-corrected chi connectivity index (χ2v) is 7.81. The predicted octanol–water partition coefficient (Wildman–Crippen LogP) is 4.79. The Hall–Kier alpha value is -2.31. The van der Waals surface area contributed by atoms with E-state index in [0.717, 1.165) is 30.6 Å². The van der Waals surface area contributed by atoms with E-state index in [2.05, 4.69) is 43.1 Å². The molecule has 0 aromatic heterocycles. The minimum atomic E-state index is -0.0606. The topological polar surface area (TPSA) is 36.3 Å². The van der Waals surface area contributed by atoms with Crippen LogP contribution >= 0.6 is 0 Å². The molecule has 0 aliphatic carbocycles. The SMILES string of the molecule is CCC1(CC2CCCN2C)Cc2cc(-c3ccc(C#N)cc3)ccc2O1. The van der Waals surface area contributed by atoms with Gasteiger partial charge in [0.25, 0.3) is 0 Å². The first-order chi connectivity index (χ1) is 12.6. The van der Waals surface area contributed by atoms with Crippen molar-refractivity contribution in [3.05, 3.63) is 53.6 Å². The van der Waals surface area contributed by atoms with Gasteiger partial charge in [-0.1, -0.05) is 25.1 Å². The Morgan fingerprint density at radius 2 is 1.96 bits per heavy atom. The summed E-state index contributed by atoms with van der Waals surface area (Å²) in [6.45, 7) is 3.46. The Morgan fingerprint density at radius 1 is 1.19 bits per heavy atom. The number of hydrogen-bond acceptors (Lipinski definition) is 3. The van der Waals surface area contributed by atoms with Gasteiger partial charge in [-0.3, -0.25) is 0 Å². The van der Waals surface area contributed by atoms with Crippen molar-refractivity contribution in [3.8, 4) is 22.9 Å². The van der Waals surface area contributed by atoms with Crippen molar-refractivity contribution in [2.24, 2.45) is 0 Å². The van der Waals surface area contributed by atoms with Gasteiger partial charge in [-0.15, -0.1) is 0 Å². The molecule has 3 heteroatoms. The molecule has 0 amide bonds. The van der Waals surface area contributed by atoms with E-state index >= 15 is 0 Å². The van der Waals surface area contributed by atoms with Crippen LogP contribution in [0.1, 0.15) is 43.7 Å². The van der Waals surface area contributed by atoms with Crippen LogP contribution in [0.2, 0.25) is 0 Å². The molecular weight excluding hydrogens is 320 g/mol. The molecule has 134 valence electrons. The van der Waals surface area contributed by atoms with Gasteiger partial charge in [0.2, 0.25) is 0 Å². The molecule has 0 N–H and O–H groups in total. The molecule has 1 fully saturated rings. The zero-order chi connectivity index (χ0) is 18.1. The highest BCUT2D eigenvalue weighted by Crippen LogP contribution is 2.42. The number of rotatable bonds is 4. The van der Waals surface area contributed by atoms with Crippen LogP contribution in [-0.4, -0.2) is 30.1 Å². The van der Waals surface area contributed by atoms with E-state index in [-0.39, 0.29) is 5.60 Å². The van der Waals surface area contributed by atoms with Crippen LogP contribution in [0.5, 0.6) is 5.75 Å². The second kappa shape index (κ2) is 6.78. The van der Waals surface area contributed by atoms with Crippen molar-refractivity contribution < 1.29 is 4.74 Å². The van der Waals surface area contributed by atoms with Crippen molar-refractivity contribution in [3.63, 3.8) is 0 Å². The summed E-state index contributed by atoms with van der Waals surface area (Å²) < 4.78 is 6.51. The molecule has 2 aromatic rings. The fraction of sp³-hybridized carbons (Fsp3) is 0.435. The molecule has 2 aromatic carbocycles. The monoisotopic (exact) mass is 346 g/mol. The van der Waals surface area contributed by atoms with Crippen molar-refractivity contribution in [2.45, 2.75) is 50.7 Å². The molecule has 0 saturated carbocycles. The van der Waals surface area contributed by atoms with Crippen molar-refractivity contribution in [2.75, 3.05) is 13.6 Å². The molecule has 2 atom stereocenters. The van der Waals surface area contributed by atoms with E-state index in [1.165, 1.54) is 30.5 Å². The molecule has 2 aliphatic heterocycles. The van der Waals surface area contributed by atoms with Crippen LogP contribution in [0.15, 0.2) is 42.5 Å². The third-order valence-corrected chi connectivity index (χ3v) is 6.17. The number of benzene rings is 2. The molecular formula is C23H26N2O. The smallest absolute Gasteiger partial charge is 0.123 e. The fourth-order valence-corrected chi connectivity index (χ4v) is 4.47. The maximum Gasteiger partial charge on any atom is 0.123 e. The predicted molar refractivity (Wildman–Crippen MR) is 104 cm³/mol. The third kappa shape index (κ3) is 3.10. The summed E-state index contributed by atoms with van der Waals surface area (Å²) >= 11 is 0. The van der Waals surface area contributed by atoms with Gasteiger partial charge in [0.1, 0.15) is 11.4 Å². The van der Waals surface area contributed by atoms with E-state index in [1.807, 2.05) is 24.3 Å². The largest absolute Gasteiger partial charge is 0.487 e. The number of hydrogen-bond donors (Lipinski definition) is 0. The molecule has 2 heterocycles. The Bertz CT molecular complexity index is 836. The standard InChI is InChI=1S/C23H26N2O/c1-3-23(15-21-5-4-12-25(21)2)14-20-13-19(10-11-22(20)26-23)18-8-6-17(16-24)7-9-18/h6-11,13,21H,3-5,12,14-15H2,1-2H3. The zero-order valence-electron chi connectivity index (χ0n) is 15.7. The van der Waals surface area contributed by atoms with Gasteiger partial charge < -0.3 is 9.64 Å². The summed E-state index contributed by atoms with van der Waals surface area (Å²) in [5, 5.41) is 8.98. The molecule has 2 unspecified atom stereocenters. The quantitative estimate of drug-likeness (QED) is 0.798. The minimum Gasteiger partial charge on any atom is -0.487 e. The summed E-state index contributed by atoms with van der Waals surface area (Å²) in [6.07, 6.45) is 5.73. The number of fused-ring (bicyclic) bond motifs is 1. The number of ether oxygens (including phenoxy) is 1. The Morgan fingerprint density at radius 3 is 2.62 bits per heavy atom. The van der Waals surface area contributed by atoms with Crippen molar-refractivity contribution in [1.29, 1.82) is 5.26 Å². The third-order valence-electron chi connectivity index (χ3n) is 6.17. The Balaban J connectivity index is 1.57. The van der Waals surface area contributed by atoms with Crippen molar-refractivity contribution in [1.82, 2.24) is 4.90 Å². The maximum absolute atomic E-state index is 8.98. The summed E-state index contributed by atoms with van der Waals surface area (Å²) in [7, 11) is 2.24. The van der Waals surface area contributed by atoms with E-state index in [4.69, 9.17) is 10.00 Å². The highest BCUT2D eigenvalue weighted by atomic mass is 16.5. The average molecular weight is 346 g/mol.